The SMILES string of the molecule is Cc1c2c(c(C)c3c(-c4ccccc4)c(-c4ccccc4)c(-c4ccccc4)c(-c4ccccc4)c13)-c1cccc3cccc-2c13. The third-order valence-corrected chi connectivity index (χ3v) is 9.94. The Hall–Kier alpha value is -5.72. The van der Waals surface area contributed by atoms with E-state index >= 15 is 0 Å². The number of fused-ring (bicyclic) bond motifs is 4. The molecule has 0 bridgehead atoms. The van der Waals surface area contributed by atoms with Gasteiger partial charge in [-0.25, -0.2) is 0 Å². The van der Waals surface area contributed by atoms with Crippen LogP contribution in [0.4, 0.5) is 0 Å². The number of benzene rings is 8. The molecule has 0 unspecified atom stereocenters. The molecular weight excluding hydrogens is 553 g/mol. The van der Waals surface area contributed by atoms with Crippen LogP contribution in [0.2, 0.25) is 0 Å². The highest BCUT2D eigenvalue weighted by Crippen LogP contribution is 2.58. The van der Waals surface area contributed by atoms with Crippen LogP contribution in [0.3, 0.4) is 0 Å². The van der Waals surface area contributed by atoms with Crippen LogP contribution in [0, 0.1) is 13.8 Å². The summed E-state index contributed by atoms with van der Waals surface area (Å²) >= 11 is 0. The Balaban J connectivity index is 1.61. The van der Waals surface area contributed by atoms with Gasteiger partial charge in [0.15, 0.2) is 0 Å². The van der Waals surface area contributed by atoms with Crippen LogP contribution >= 0.6 is 0 Å². The van der Waals surface area contributed by atoms with Gasteiger partial charge in [-0.15, -0.1) is 0 Å². The van der Waals surface area contributed by atoms with Crippen molar-refractivity contribution in [3.05, 3.63) is 169 Å². The molecule has 0 nitrogen and oxygen atoms in total. The Morgan fingerprint density at radius 1 is 0.261 bits per heavy atom. The van der Waals surface area contributed by atoms with Gasteiger partial charge in [-0.05, 0) is 113 Å². The van der Waals surface area contributed by atoms with Gasteiger partial charge in [0.25, 0.3) is 0 Å². The summed E-state index contributed by atoms with van der Waals surface area (Å²) in [6, 6.07) is 57.7. The van der Waals surface area contributed by atoms with E-state index in [0.717, 1.165) is 0 Å². The van der Waals surface area contributed by atoms with Crippen LogP contribution < -0.4 is 0 Å². The minimum atomic E-state index is 1.22. The predicted octanol–water partition coefficient (Wildman–Crippen LogP) is 12.9. The summed E-state index contributed by atoms with van der Waals surface area (Å²) in [5.74, 6) is 0. The van der Waals surface area contributed by atoms with Crippen molar-refractivity contribution in [1.29, 1.82) is 0 Å². The largest absolute Gasteiger partial charge is 0.0622 e. The van der Waals surface area contributed by atoms with Crippen LogP contribution in [0.15, 0.2) is 158 Å². The van der Waals surface area contributed by atoms with E-state index in [4.69, 9.17) is 0 Å². The van der Waals surface area contributed by atoms with Crippen molar-refractivity contribution in [2.75, 3.05) is 0 Å². The van der Waals surface area contributed by atoms with Crippen LogP contribution in [0.1, 0.15) is 11.1 Å². The number of rotatable bonds is 4. The van der Waals surface area contributed by atoms with Gasteiger partial charge in [0.05, 0.1) is 0 Å². The third kappa shape index (κ3) is 3.80. The van der Waals surface area contributed by atoms with Gasteiger partial charge < -0.3 is 0 Å². The lowest BCUT2D eigenvalue weighted by Crippen LogP contribution is -2.02. The van der Waals surface area contributed by atoms with Crippen molar-refractivity contribution in [3.63, 3.8) is 0 Å². The Labute approximate surface area is 270 Å². The summed E-state index contributed by atoms with van der Waals surface area (Å²) in [6.45, 7) is 4.73. The minimum Gasteiger partial charge on any atom is -0.0622 e. The van der Waals surface area contributed by atoms with Crippen molar-refractivity contribution < 1.29 is 0 Å². The molecule has 0 aromatic heterocycles. The average Bonchev–Trinajstić information content (AvgIpc) is 3.47. The minimum absolute atomic E-state index is 1.22. The first-order valence-corrected chi connectivity index (χ1v) is 16.1. The Bertz CT molecular complexity index is 2270. The molecule has 216 valence electrons. The van der Waals surface area contributed by atoms with Crippen LogP contribution in [-0.4, -0.2) is 0 Å². The van der Waals surface area contributed by atoms with Crippen LogP contribution in [0.5, 0.6) is 0 Å². The molecule has 0 heterocycles. The van der Waals surface area contributed by atoms with Gasteiger partial charge in [-0.3, -0.25) is 0 Å². The van der Waals surface area contributed by atoms with Gasteiger partial charge in [0.1, 0.15) is 0 Å². The molecule has 1 aliphatic rings. The number of hydrogen-bond donors (Lipinski definition) is 0. The van der Waals surface area contributed by atoms with E-state index in [1.165, 1.54) is 99.4 Å². The maximum absolute atomic E-state index is 2.36. The number of hydrogen-bond acceptors (Lipinski definition) is 0. The maximum Gasteiger partial charge on any atom is -0.00140 e. The van der Waals surface area contributed by atoms with Crippen molar-refractivity contribution in [2.24, 2.45) is 0 Å². The second-order valence-electron chi connectivity index (χ2n) is 12.4. The van der Waals surface area contributed by atoms with Gasteiger partial charge in [0, 0.05) is 0 Å². The van der Waals surface area contributed by atoms with E-state index in [2.05, 4.69) is 172 Å². The van der Waals surface area contributed by atoms with Crippen molar-refractivity contribution in [3.8, 4) is 66.8 Å². The summed E-state index contributed by atoms with van der Waals surface area (Å²) in [6.07, 6.45) is 0. The second kappa shape index (κ2) is 10.4. The Morgan fingerprint density at radius 3 is 0.935 bits per heavy atom. The molecule has 0 spiro atoms. The molecule has 8 aromatic rings. The smallest absolute Gasteiger partial charge is 0.00140 e. The summed E-state index contributed by atoms with van der Waals surface area (Å²) in [4.78, 5) is 0. The second-order valence-corrected chi connectivity index (χ2v) is 12.4. The monoisotopic (exact) mass is 584 g/mol. The summed E-state index contributed by atoms with van der Waals surface area (Å²) in [7, 11) is 0. The first kappa shape index (κ1) is 26.7. The molecule has 0 heteroatoms. The first-order chi connectivity index (χ1) is 22.7. The predicted molar refractivity (Wildman–Crippen MR) is 197 cm³/mol. The van der Waals surface area contributed by atoms with Gasteiger partial charge in [-0.1, -0.05) is 158 Å². The molecule has 0 saturated carbocycles. The van der Waals surface area contributed by atoms with Crippen LogP contribution in [-0.2, 0) is 0 Å². The topological polar surface area (TPSA) is 0 Å². The van der Waals surface area contributed by atoms with Crippen molar-refractivity contribution >= 4 is 21.5 Å². The van der Waals surface area contributed by atoms with E-state index in [0.29, 0.717) is 0 Å². The van der Waals surface area contributed by atoms with Crippen molar-refractivity contribution in [2.45, 2.75) is 13.8 Å². The van der Waals surface area contributed by atoms with E-state index in [9.17, 15) is 0 Å². The quantitative estimate of drug-likeness (QED) is 0.193. The highest BCUT2D eigenvalue weighted by Gasteiger charge is 2.32. The molecule has 0 N–H and O–H groups in total. The molecule has 8 aromatic carbocycles. The normalized spacial score (nSPS) is 11.7. The van der Waals surface area contributed by atoms with E-state index in [-0.39, 0.29) is 0 Å². The molecule has 9 rings (SSSR count). The molecule has 0 atom stereocenters. The van der Waals surface area contributed by atoms with Crippen LogP contribution in [0.25, 0.3) is 88.3 Å². The number of aryl methyl sites for hydroxylation is 2. The van der Waals surface area contributed by atoms with E-state index in [1.54, 1.807) is 0 Å². The molecule has 0 aliphatic heterocycles. The lowest BCUT2D eigenvalue weighted by atomic mass is 9.75. The average molecular weight is 585 g/mol. The molecular formula is C46H32. The highest BCUT2D eigenvalue weighted by molar-refractivity contribution is 6.26. The zero-order valence-corrected chi connectivity index (χ0v) is 26.0. The lowest BCUT2D eigenvalue weighted by molar-refractivity contribution is 1.46. The van der Waals surface area contributed by atoms with Gasteiger partial charge in [0.2, 0.25) is 0 Å². The molecule has 0 radical (unpaired) electrons. The lowest BCUT2D eigenvalue weighted by Gasteiger charge is -2.28. The Morgan fingerprint density at radius 2 is 0.587 bits per heavy atom. The zero-order valence-electron chi connectivity index (χ0n) is 26.0. The first-order valence-electron chi connectivity index (χ1n) is 16.1. The fourth-order valence-electron chi connectivity index (χ4n) is 8.13. The fraction of sp³-hybridized carbons (Fsp3) is 0.0435. The molecule has 0 fully saturated rings. The zero-order chi connectivity index (χ0) is 30.8. The van der Waals surface area contributed by atoms with Gasteiger partial charge >= 0.3 is 0 Å². The standard InChI is InChI=1S/C46H32/c1-29-38-36-27-15-25-31-26-16-28-37(42(31)36)39(38)30(2)41-40(29)43(32-17-7-3-8-18-32)45(34-21-11-5-12-22-34)46(35-23-13-6-14-24-35)44(41)33-19-9-4-10-20-33/h3-28H,1-2H3. The van der Waals surface area contributed by atoms with Crippen molar-refractivity contribution in [1.82, 2.24) is 0 Å². The third-order valence-electron chi connectivity index (χ3n) is 9.94. The molecule has 0 saturated heterocycles. The highest BCUT2D eigenvalue weighted by atomic mass is 14.3. The fourth-order valence-corrected chi connectivity index (χ4v) is 8.13. The van der Waals surface area contributed by atoms with E-state index in [1.807, 2.05) is 0 Å². The maximum atomic E-state index is 2.36. The van der Waals surface area contributed by atoms with Gasteiger partial charge in [-0.2, -0.15) is 0 Å². The Kier molecular flexibility index (Phi) is 6.05. The molecule has 1 aliphatic carbocycles. The molecule has 0 amide bonds. The molecule has 46 heavy (non-hydrogen) atoms. The summed E-state index contributed by atoms with van der Waals surface area (Å²) < 4.78 is 0. The summed E-state index contributed by atoms with van der Waals surface area (Å²) in [5, 5.41) is 5.35. The van der Waals surface area contributed by atoms with E-state index < -0.39 is 0 Å². The summed E-state index contributed by atoms with van der Waals surface area (Å²) in [5.41, 5.74) is 18.2.